The summed E-state index contributed by atoms with van der Waals surface area (Å²) in [6.07, 6.45) is 3.53. The third-order valence-electron chi connectivity index (χ3n) is 4.94. The molecule has 3 aromatic carbocycles. The molecule has 0 atom stereocenters. The quantitative estimate of drug-likeness (QED) is 0.148. The number of carbonyl (C=O) groups excluding carboxylic acids is 2. The molecule has 1 N–H and O–H groups in total. The van der Waals surface area contributed by atoms with Gasteiger partial charge in [-0.3, -0.25) is 4.79 Å². The van der Waals surface area contributed by atoms with Gasteiger partial charge in [-0.2, -0.15) is 5.10 Å². The summed E-state index contributed by atoms with van der Waals surface area (Å²) in [5, 5.41) is 4.00. The van der Waals surface area contributed by atoms with Gasteiger partial charge < -0.3 is 14.2 Å². The number of nitrogens with zero attached hydrogens (tertiary/aromatic N) is 1. The molecule has 0 radical (unpaired) electrons. The van der Waals surface area contributed by atoms with Crippen LogP contribution in [0, 0.1) is 6.92 Å². The molecule has 7 nitrogen and oxygen atoms in total. The number of amides is 1. The number of aryl methyl sites for hydroxylation is 1. The number of nitrogens with one attached hydrogen (secondary N) is 1. The van der Waals surface area contributed by atoms with E-state index >= 15 is 0 Å². The molecular formula is C27H28N2O5. The van der Waals surface area contributed by atoms with Crippen LogP contribution in [0.3, 0.4) is 0 Å². The van der Waals surface area contributed by atoms with Crippen LogP contribution in [0.1, 0.15) is 51.6 Å². The molecule has 3 aromatic rings. The first-order valence-corrected chi connectivity index (χ1v) is 11.0. The average molecular weight is 461 g/mol. The number of ether oxygens (including phenoxy) is 3. The second-order valence-corrected chi connectivity index (χ2v) is 7.59. The van der Waals surface area contributed by atoms with E-state index in [-0.39, 0.29) is 11.7 Å². The Morgan fingerprint density at radius 3 is 2.32 bits per heavy atom. The van der Waals surface area contributed by atoms with Crippen LogP contribution in [0.2, 0.25) is 0 Å². The summed E-state index contributed by atoms with van der Waals surface area (Å²) in [6.45, 7) is 4.70. The minimum Gasteiger partial charge on any atom is -0.494 e. The lowest BCUT2D eigenvalue weighted by Crippen LogP contribution is -2.17. The zero-order chi connectivity index (χ0) is 24.3. The third-order valence-corrected chi connectivity index (χ3v) is 4.94. The number of hydrogen-bond donors (Lipinski definition) is 1. The van der Waals surface area contributed by atoms with Crippen molar-refractivity contribution >= 4 is 18.1 Å². The summed E-state index contributed by atoms with van der Waals surface area (Å²) in [5.74, 6) is 0.564. The van der Waals surface area contributed by atoms with Crippen molar-refractivity contribution in [2.75, 3.05) is 13.7 Å². The molecule has 0 aromatic heterocycles. The first kappa shape index (κ1) is 24.5. The molecule has 0 unspecified atom stereocenters. The van der Waals surface area contributed by atoms with E-state index in [1.54, 1.807) is 54.6 Å². The summed E-state index contributed by atoms with van der Waals surface area (Å²) in [6, 6.07) is 19.0. The van der Waals surface area contributed by atoms with E-state index in [0.29, 0.717) is 29.0 Å². The highest BCUT2D eigenvalue weighted by Gasteiger charge is 2.13. The minimum absolute atomic E-state index is 0.288. The number of esters is 1. The molecule has 0 aliphatic carbocycles. The summed E-state index contributed by atoms with van der Waals surface area (Å²) < 4.78 is 16.4. The lowest BCUT2D eigenvalue weighted by Gasteiger charge is -2.10. The monoisotopic (exact) mass is 460 g/mol. The maximum Gasteiger partial charge on any atom is 0.343 e. The maximum absolute atomic E-state index is 12.4. The van der Waals surface area contributed by atoms with Crippen LogP contribution in [-0.4, -0.2) is 31.8 Å². The third kappa shape index (κ3) is 6.93. The molecule has 0 heterocycles. The topological polar surface area (TPSA) is 86.2 Å². The molecule has 0 spiro atoms. The van der Waals surface area contributed by atoms with Crippen molar-refractivity contribution in [3.63, 3.8) is 0 Å². The van der Waals surface area contributed by atoms with E-state index in [9.17, 15) is 9.59 Å². The highest BCUT2D eigenvalue weighted by molar-refractivity contribution is 5.95. The Hall–Kier alpha value is -4.13. The van der Waals surface area contributed by atoms with E-state index < -0.39 is 5.97 Å². The van der Waals surface area contributed by atoms with Gasteiger partial charge in [0.1, 0.15) is 5.75 Å². The number of benzene rings is 3. The summed E-state index contributed by atoms with van der Waals surface area (Å²) in [5.41, 5.74) is 5.12. The highest BCUT2D eigenvalue weighted by Crippen LogP contribution is 2.28. The second-order valence-electron chi connectivity index (χ2n) is 7.59. The number of rotatable bonds is 10. The average Bonchev–Trinajstić information content (AvgIpc) is 2.85. The molecule has 0 saturated heterocycles. The normalized spacial score (nSPS) is 10.7. The highest BCUT2D eigenvalue weighted by atomic mass is 16.6. The van der Waals surface area contributed by atoms with Crippen LogP contribution in [-0.2, 0) is 0 Å². The van der Waals surface area contributed by atoms with E-state index in [1.165, 1.54) is 13.3 Å². The Morgan fingerprint density at radius 1 is 0.941 bits per heavy atom. The van der Waals surface area contributed by atoms with Gasteiger partial charge in [0.2, 0.25) is 0 Å². The maximum atomic E-state index is 12.4. The predicted molar refractivity (Wildman–Crippen MR) is 131 cm³/mol. The van der Waals surface area contributed by atoms with Gasteiger partial charge in [0, 0.05) is 5.56 Å². The number of carbonyl (C=O) groups is 2. The molecule has 0 aliphatic heterocycles. The second kappa shape index (κ2) is 12.2. The molecule has 176 valence electrons. The van der Waals surface area contributed by atoms with Crippen molar-refractivity contribution in [3.8, 4) is 17.2 Å². The van der Waals surface area contributed by atoms with Gasteiger partial charge in [-0.1, -0.05) is 31.0 Å². The Morgan fingerprint density at radius 2 is 1.65 bits per heavy atom. The van der Waals surface area contributed by atoms with Gasteiger partial charge in [-0.15, -0.1) is 0 Å². The van der Waals surface area contributed by atoms with Gasteiger partial charge >= 0.3 is 5.97 Å². The van der Waals surface area contributed by atoms with Crippen LogP contribution in [0.4, 0.5) is 0 Å². The zero-order valence-electron chi connectivity index (χ0n) is 19.5. The van der Waals surface area contributed by atoms with Crippen LogP contribution >= 0.6 is 0 Å². The summed E-state index contributed by atoms with van der Waals surface area (Å²) in [7, 11) is 1.48. The molecule has 3 rings (SSSR count). The van der Waals surface area contributed by atoms with Crippen molar-refractivity contribution in [1.29, 1.82) is 0 Å². The van der Waals surface area contributed by atoms with E-state index in [2.05, 4.69) is 17.5 Å². The Kier molecular flexibility index (Phi) is 8.80. The molecule has 34 heavy (non-hydrogen) atoms. The van der Waals surface area contributed by atoms with Crippen molar-refractivity contribution < 1.29 is 23.8 Å². The molecular weight excluding hydrogens is 432 g/mol. The SMILES string of the molecule is CCCCOc1ccc(C(=O)N/N=C/c2ccc(OC(=O)c3ccc(C)cc3)c(OC)c2)cc1. The summed E-state index contributed by atoms with van der Waals surface area (Å²) in [4.78, 5) is 24.7. The number of unbranched alkanes of at least 4 members (excludes halogenated alkanes) is 1. The van der Waals surface area contributed by atoms with Crippen LogP contribution in [0.5, 0.6) is 17.2 Å². The van der Waals surface area contributed by atoms with Gasteiger partial charge in [0.05, 0.1) is 25.5 Å². The number of hydrogen-bond acceptors (Lipinski definition) is 6. The lowest BCUT2D eigenvalue weighted by molar-refractivity contribution is 0.0729. The number of hydrazone groups is 1. The smallest absolute Gasteiger partial charge is 0.343 e. The van der Waals surface area contributed by atoms with Gasteiger partial charge in [-0.25, -0.2) is 10.2 Å². The van der Waals surface area contributed by atoms with E-state index in [1.807, 2.05) is 19.1 Å². The van der Waals surface area contributed by atoms with Gasteiger partial charge in [0.15, 0.2) is 11.5 Å². The molecule has 7 heteroatoms. The van der Waals surface area contributed by atoms with E-state index in [0.717, 1.165) is 24.2 Å². The Labute approximate surface area is 199 Å². The fraction of sp³-hybridized carbons (Fsp3) is 0.222. The fourth-order valence-electron chi connectivity index (χ4n) is 2.96. The first-order valence-electron chi connectivity index (χ1n) is 11.0. The zero-order valence-corrected chi connectivity index (χ0v) is 19.5. The number of methoxy groups -OCH3 is 1. The largest absolute Gasteiger partial charge is 0.494 e. The molecule has 1 amide bonds. The Balaban J connectivity index is 1.58. The van der Waals surface area contributed by atoms with Crippen molar-refractivity contribution in [1.82, 2.24) is 5.43 Å². The predicted octanol–water partition coefficient (Wildman–Crippen LogP) is 5.17. The van der Waals surface area contributed by atoms with Crippen molar-refractivity contribution in [2.45, 2.75) is 26.7 Å². The van der Waals surface area contributed by atoms with Gasteiger partial charge in [0.25, 0.3) is 5.91 Å². The Bertz CT molecular complexity index is 1140. The lowest BCUT2D eigenvalue weighted by atomic mass is 10.1. The molecule has 0 saturated carbocycles. The minimum atomic E-state index is -0.478. The van der Waals surface area contributed by atoms with Crippen molar-refractivity contribution in [2.24, 2.45) is 5.10 Å². The van der Waals surface area contributed by atoms with Crippen LogP contribution in [0.25, 0.3) is 0 Å². The van der Waals surface area contributed by atoms with Crippen LogP contribution in [0.15, 0.2) is 71.8 Å². The van der Waals surface area contributed by atoms with E-state index in [4.69, 9.17) is 14.2 Å². The molecule has 0 fully saturated rings. The van der Waals surface area contributed by atoms with Crippen LogP contribution < -0.4 is 19.6 Å². The molecule has 0 aliphatic rings. The fourth-order valence-corrected chi connectivity index (χ4v) is 2.96. The van der Waals surface area contributed by atoms with Crippen molar-refractivity contribution in [3.05, 3.63) is 89.0 Å². The molecule has 0 bridgehead atoms. The summed E-state index contributed by atoms with van der Waals surface area (Å²) >= 11 is 0. The van der Waals surface area contributed by atoms with Gasteiger partial charge in [-0.05, 0) is 73.5 Å². The standard InChI is InChI=1S/C27H28N2O5/c1-4-5-16-33-23-13-11-21(12-14-23)26(30)29-28-18-20-8-15-24(25(17-20)32-3)34-27(31)22-9-6-19(2)7-10-22/h6-15,17-18H,4-5,16H2,1-3H3,(H,29,30)/b28-18+. The first-order chi connectivity index (χ1) is 16.5.